The number of nitrogens with zero attached hydrogens (tertiary/aromatic N) is 3. The number of hydrogen-bond donors (Lipinski definition) is 1. The Morgan fingerprint density at radius 3 is 2.59 bits per heavy atom. The fourth-order valence-electron chi connectivity index (χ4n) is 3.60. The van der Waals surface area contributed by atoms with E-state index >= 15 is 0 Å². The van der Waals surface area contributed by atoms with E-state index in [2.05, 4.69) is 10.2 Å². The lowest BCUT2D eigenvalue weighted by Crippen LogP contribution is -2.36. The lowest BCUT2D eigenvalue weighted by atomic mass is 10.1. The van der Waals surface area contributed by atoms with Crippen molar-refractivity contribution >= 4 is 28.6 Å². The Hall–Kier alpha value is -2.55. The van der Waals surface area contributed by atoms with Gasteiger partial charge in [0, 0.05) is 18.5 Å². The molecule has 168 valence electrons. The number of carbonyl (C=O) groups excluding carboxylic acids is 1. The van der Waals surface area contributed by atoms with Gasteiger partial charge in [0.15, 0.2) is 0 Å². The van der Waals surface area contributed by atoms with Crippen LogP contribution in [-0.2, 0) is 16.1 Å². The molecule has 0 saturated carbocycles. The summed E-state index contributed by atoms with van der Waals surface area (Å²) >= 11 is 1.43. The van der Waals surface area contributed by atoms with E-state index in [1.54, 1.807) is 12.1 Å². The number of amides is 1. The van der Waals surface area contributed by atoms with Crippen molar-refractivity contribution in [3.63, 3.8) is 0 Å². The average Bonchev–Trinajstić information content (AvgIpc) is 2.80. The van der Waals surface area contributed by atoms with Crippen LogP contribution in [0.25, 0.3) is 10.9 Å². The summed E-state index contributed by atoms with van der Waals surface area (Å²) < 4.78 is 18.6. The number of aromatic nitrogens is 2. The maximum atomic E-state index is 13.2. The monoisotopic (exact) mass is 454 g/mol. The Balaban J connectivity index is 1.49. The Morgan fingerprint density at radius 1 is 1.12 bits per heavy atom. The highest BCUT2D eigenvalue weighted by Gasteiger charge is 2.21. The number of fused-ring (bicyclic) bond motifs is 1. The largest absolute Gasteiger partial charge is 0.379 e. The van der Waals surface area contributed by atoms with E-state index in [0.29, 0.717) is 6.54 Å². The number of thioether (sulfide) groups is 1. The second-order valence-corrected chi connectivity index (χ2v) is 9.22. The fraction of sp³-hybridized carbons (Fsp3) is 0.375. The first-order valence-electron chi connectivity index (χ1n) is 10.8. The van der Waals surface area contributed by atoms with Crippen LogP contribution in [0.2, 0.25) is 0 Å². The predicted octanol–water partition coefficient (Wildman–Crippen LogP) is 3.96. The average molecular weight is 455 g/mol. The van der Waals surface area contributed by atoms with E-state index < -0.39 is 0 Å². The smallest absolute Gasteiger partial charge is 0.233 e. The van der Waals surface area contributed by atoms with Crippen LogP contribution in [0.15, 0.2) is 53.6 Å². The molecule has 1 fully saturated rings. The number of para-hydroxylation sites is 1. The number of benzene rings is 2. The van der Waals surface area contributed by atoms with Gasteiger partial charge in [0.1, 0.15) is 16.7 Å². The molecular formula is C24H27FN4O2S. The Morgan fingerprint density at radius 2 is 1.84 bits per heavy atom. The zero-order valence-electron chi connectivity index (χ0n) is 18.3. The topological polar surface area (TPSA) is 67.3 Å². The van der Waals surface area contributed by atoms with Crippen LogP contribution in [0, 0.1) is 5.82 Å². The summed E-state index contributed by atoms with van der Waals surface area (Å²) in [5.74, 6) is 0.365. The summed E-state index contributed by atoms with van der Waals surface area (Å²) in [5, 5.41) is 4.40. The summed E-state index contributed by atoms with van der Waals surface area (Å²) in [6.07, 6.45) is 0. The van der Waals surface area contributed by atoms with Gasteiger partial charge in [0.05, 0.1) is 36.6 Å². The normalized spacial score (nSPS) is 16.6. The number of rotatable bonds is 7. The minimum absolute atomic E-state index is 0.0933. The first-order chi connectivity index (χ1) is 15.5. The van der Waals surface area contributed by atoms with Crippen LogP contribution in [0.3, 0.4) is 0 Å². The first-order valence-corrected chi connectivity index (χ1v) is 11.7. The molecule has 0 bridgehead atoms. The number of hydrogen-bond acceptors (Lipinski definition) is 6. The van der Waals surface area contributed by atoms with Gasteiger partial charge in [-0.3, -0.25) is 9.69 Å². The van der Waals surface area contributed by atoms with Gasteiger partial charge in [-0.25, -0.2) is 14.4 Å². The van der Waals surface area contributed by atoms with Crippen molar-refractivity contribution in [2.24, 2.45) is 0 Å². The van der Waals surface area contributed by atoms with Gasteiger partial charge in [-0.1, -0.05) is 42.1 Å². The number of morpholine rings is 1. The molecule has 1 amide bonds. The molecule has 32 heavy (non-hydrogen) atoms. The molecule has 4 rings (SSSR count). The number of carbonyl (C=O) groups is 1. The highest BCUT2D eigenvalue weighted by atomic mass is 32.2. The Kier molecular flexibility index (Phi) is 7.34. The molecule has 0 aliphatic carbocycles. The second-order valence-electron chi connectivity index (χ2n) is 7.89. The Bertz CT molecular complexity index is 1070. The molecule has 1 aliphatic rings. The third-order valence-electron chi connectivity index (χ3n) is 5.47. The van der Waals surface area contributed by atoms with Crippen molar-refractivity contribution in [2.75, 3.05) is 26.3 Å². The van der Waals surface area contributed by atoms with E-state index in [9.17, 15) is 9.18 Å². The molecule has 0 radical (unpaired) electrons. The van der Waals surface area contributed by atoms with Crippen molar-refractivity contribution in [3.05, 3.63) is 65.7 Å². The van der Waals surface area contributed by atoms with Gasteiger partial charge in [-0.05, 0) is 37.6 Å². The lowest BCUT2D eigenvalue weighted by Gasteiger charge is -2.26. The summed E-state index contributed by atoms with van der Waals surface area (Å²) in [6, 6.07) is 13.8. The standard InChI is InChI=1S/C24H27FN4O2S/c1-16(18-7-9-19(25)10-8-18)26-23(30)17(2)32-24-20-5-3-4-6-21(20)27-22(28-24)15-29-11-13-31-14-12-29/h3-10,16-17H,11-15H2,1-2H3,(H,26,30)/t16-,17-/m0/s1. The van der Waals surface area contributed by atoms with Crippen molar-refractivity contribution in [2.45, 2.75) is 36.7 Å². The van der Waals surface area contributed by atoms with E-state index in [-0.39, 0.29) is 23.0 Å². The van der Waals surface area contributed by atoms with E-state index in [1.807, 2.05) is 38.1 Å². The van der Waals surface area contributed by atoms with Crippen LogP contribution in [-0.4, -0.2) is 52.3 Å². The summed E-state index contributed by atoms with van der Waals surface area (Å²) in [6.45, 7) is 7.58. The summed E-state index contributed by atoms with van der Waals surface area (Å²) in [5.41, 5.74) is 1.73. The molecule has 2 heterocycles. The fourth-order valence-corrected chi connectivity index (χ4v) is 4.57. The summed E-state index contributed by atoms with van der Waals surface area (Å²) in [7, 11) is 0. The van der Waals surface area contributed by atoms with Crippen LogP contribution < -0.4 is 5.32 Å². The third-order valence-corrected chi connectivity index (χ3v) is 6.57. The zero-order valence-corrected chi connectivity index (χ0v) is 19.1. The summed E-state index contributed by atoms with van der Waals surface area (Å²) in [4.78, 5) is 24.7. The van der Waals surface area contributed by atoms with Gasteiger partial charge in [-0.15, -0.1) is 0 Å². The molecule has 2 atom stereocenters. The minimum Gasteiger partial charge on any atom is -0.379 e. The maximum absolute atomic E-state index is 13.2. The molecule has 0 unspecified atom stereocenters. The van der Waals surface area contributed by atoms with Gasteiger partial charge in [-0.2, -0.15) is 0 Å². The van der Waals surface area contributed by atoms with Crippen molar-refractivity contribution < 1.29 is 13.9 Å². The molecule has 3 aromatic rings. The van der Waals surface area contributed by atoms with E-state index in [1.165, 1.54) is 23.9 Å². The van der Waals surface area contributed by atoms with Crippen LogP contribution in [0.4, 0.5) is 4.39 Å². The highest BCUT2D eigenvalue weighted by Crippen LogP contribution is 2.29. The van der Waals surface area contributed by atoms with Gasteiger partial charge >= 0.3 is 0 Å². The highest BCUT2D eigenvalue weighted by molar-refractivity contribution is 8.00. The van der Waals surface area contributed by atoms with Crippen molar-refractivity contribution in [3.8, 4) is 0 Å². The molecule has 1 N–H and O–H groups in total. The first kappa shape index (κ1) is 22.6. The van der Waals surface area contributed by atoms with Crippen LogP contribution in [0.1, 0.15) is 31.3 Å². The number of halogens is 1. The predicted molar refractivity (Wildman–Crippen MR) is 124 cm³/mol. The van der Waals surface area contributed by atoms with Crippen LogP contribution in [0.5, 0.6) is 0 Å². The third kappa shape index (κ3) is 5.62. The minimum atomic E-state index is -0.354. The molecule has 1 aromatic heterocycles. The number of ether oxygens (including phenoxy) is 1. The van der Waals surface area contributed by atoms with Gasteiger partial charge in [0.2, 0.25) is 5.91 Å². The molecule has 1 aliphatic heterocycles. The second kappa shape index (κ2) is 10.4. The molecule has 0 spiro atoms. The quantitative estimate of drug-likeness (QED) is 0.431. The van der Waals surface area contributed by atoms with Crippen LogP contribution >= 0.6 is 11.8 Å². The van der Waals surface area contributed by atoms with Crippen molar-refractivity contribution in [1.82, 2.24) is 20.2 Å². The molecular weight excluding hydrogens is 427 g/mol. The molecule has 6 nitrogen and oxygen atoms in total. The SMILES string of the molecule is C[C@H](Sc1nc(CN2CCOCC2)nc2ccccc12)C(=O)N[C@@H](C)c1ccc(F)cc1. The van der Waals surface area contributed by atoms with E-state index in [4.69, 9.17) is 14.7 Å². The van der Waals surface area contributed by atoms with Gasteiger partial charge < -0.3 is 10.1 Å². The molecule has 1 saturated heterocycles. The van der Waals surface area contributed by atoms with E-state index in [0.717, 1.165) is 53.6 Å². The van der Waals surface area contributed by atoms with Crippen molar-refractivity contribution in [1.29, 1.82) is 0 Å². The zero-order chi connectivity index (χ0) is 22.5. The molecule has 2 aromatic carbocycles. The maximum Gasteiger partial charge on any atom is 0.233 e. The van der Waals surface area contributed by atoms with Gasteiger partial charge in [0.25, 0.3) is 0 Å². The molecule has 8 heteroatoms. The number of nitrogens with one attached hydrogen (secondary N) is 1. The Labute approximate surface area is 191 Å². The lowest BCUT2D eigenvalue weighted by molar-refractivity contribution is -0.120.